The van der Waals surface area contributed by atoms with Crippen molar-refractivity contribution in [2.24, 2.45) is 0 Å². The number of benzene rings is 2. The maximum Gasteiger partial charge on any atom is 0.225 e. The molecule has 0 bridgehead atoms. The first-order chi connectivity index (χ1) is 11.7. The zero-order valence-electron chi connectivity index (χ0n) is 14.2. The number of hydrogen-bond acceptors (Lipinski definition) is 3. The van der Waals surface area contributed by atoms with Crippen LogP contribution in [-0.4, -0.2) is 31.4 Å². The van der Waals surface area contributed by atoms with E-state index in [1.54, 1.807) is 24.3 Å². The highest BCUT2D eigenvalue weighted by Gasteiger charge is 2.18. The first-order valence-electron chi connectivity index (χ1n) is 7.80. The molecule has 0 saturated heterocycles. The number of sulfonamides is 1. The molecule has 0 aromatic heterocycles. The van der Waals surface area contributed by atoms with Crippen molar-refractivity contribution >= 4 is 33.2 Å². The molecule has 0 saturated carbocycles. The van der Waals surface area contributed by atoms with Gasteiger partial charge in [0, 0.05) is 30.2 Å². The van der Waals surface area contributed by atoms with Crippen LogP contribution in [0.3, 0.4) is 0 Å². The van der Waals surface area contributed by atoms with Crippen molar-refractivity contribution < 1.29 is 13.2 Å². The van der Waals surface area contributed by atoms with Crippen LogP contribution in [0.4, 0.5) is 5.69 Å². The van der Waals surface area contributed by atoms with Gasteiger partial charge in [0.2, 0.25) is 15.9 Å². The molecule has 134 valence electrons. The van der Waals surface area contributed by atoms with E-state index < -0.39 is 10.0 Å². The van der Waals surface area contributed by atoms with Crippen LogP contribution in [0.1, 0.15) is 17.5 Å². The van der Waals surface area contributed by atoms with Crippen LogP contribution in [0.15, 0.2) is 48.5 Å². The van der Waals surface area contributed by atoms with E-state index in [4.69, 9.17) is 11.6 Å². The van der Waals surface area contributed by atoms with Gasteiger partial charge in [-0.2, -0.15) is 4.31 Å². The number of aryl methyl sites for hydroxylation is 1. The molecule has 0 atom stereocenters. The molecular formula is C18H21ClN2O3S. The summed E-state index contributed by atoms with van der Waals surface area (Å²) in [6, 6.07) is 14.5. The van der Waals surface area contributed by atoms with Crippen molar-refractivity contribution in [2.45, 2.75) is 19.9 Å². The van der Waals surface area contributed by atoms with Crippen LogP contribution in [0, 0.1) is 6.92 Å². The van der Waals surface area contributed by atoms with Crippen LogP contribution in [0.2, 0.25) is 5.02 Å². The van der Waals surface area contributed by atoms with Gasteiger partial charge in [-0.25, -0.2) is 8.42 Å². The molecule has 0 spiro atoms. The lowest BCUT2D eigenvalue weighted by Gasteiger charge is -2.20. The third-order valence-electron chi connectivity index (χ3n) is 3.61. The molecule has 2 aromatic rings. The Morgan fingerprint density at radius 1 is 1.16 bits per heavy atom. The number of nitrogens with zero attached hydrogens (tertiary/aromatic N) is 1. The van der Waals surface area contributed by atoms with Gasteiger partial charge in [0.05, 0.1) is 6.26 Å². The molecule has 7 heteroatoms. The number of nitrogens with one attached hydrogen (secondary N) is 1. The number of anilines is 1. The first-order valence-corrected chi connectivity index (χ1v) is 10.0. The largest absolute Gasteiger partial charge is 0.326 e. The highest BCUT2D eigenvalue weighted by Crippen LogP contribution is 2.16. The minimum Gasteiger partial charge on any atom is -0.326 e. The van der Waals surface area contributed by atoms with Crippen LogP contribution < -0.4 is 5.32 Å². The van der Waals surface area contributed by atoms with Crippen molar-refractivity contribution in [2.75, 3.05) is 18.1 Å². The van der Waals surface area contributed by atoms with Gasteiger partial charge < -0.3 is 5.32 Å². The van der Waals surface area contributed by atoms with Gasteiger partial charge in [0.15, 0.2) is 0 Å². The third-order valence-corrected chi connectivity index (χ3v) is 5.09. The second-order valence-corrected chi connectivity index (χ2v) is 8.31. The summed E-state index contributed by atoms with van der Waals surface area (Å²) in [6.07, 6.45) is 1.21. The van der Waals surface area contributed by atoms with Gasteiger partial charge in [-0.15, -0.1) is 0 Å². The van der Waals surface area contributed by atoms with Crippen LogP contribution >= 0.6 is 11.6 Å². The molecule has 0 aliphatic carbocycles. The summed E-state index contributed by atoms with van der Waals surface area (Å²) in [6.45, 7) is 2.30. The summed E-state index contributed by atoms with van der Waals surface area (Å²) >= 11 is 5.88. The summed E-state index contributed by atoms with van der Waals surface area (Å²) in [5.74, 6) is -0.264. The van der Waals surface area contributed by atoms with E-state index in [0.29, 0.717) is 10.7 Å². The summed E-state index contributed by atoms with van der Waals surface area (Å²) in [7, 11) is -3.42. The molecule has 1 N–H and O–H groups in total. The molecule has 25 heavy (non-hydrogen) atoms. The number of halogens is 1. The zero-order valence-corrected chi connectivity index (χ0v) is 15.8. The van der Waals surface area contributed by atoms with Crippen LogP contribution in [0.25, 0.3) is 0 Å². The van der Waals surface area contributed by atoms with E-state index in [1.165, 1.54) is 4.31 Å². The molecule has 0 aliphatic rings. The van der Waals surface area contributed by atoms with Crippen LogP contribution in [0.5, 0.6) is 0 Å². The molecule has 2 aromatic carbocycles. The first kappa shape index (κ1) is 19.4. The third kappa shape index (κ3) is 6.49. The SMILES string of the molecule is Cc1cccc(CN(CCC(=O)Nc2cccc(Cl)c2)S(C)(=O)=O)c1. The predicted octanol–water partition coefficient (Wildman–Crippen LogP) is 3.44. The van der Waals surface area contributed by atoms with E-state index in [2.05, 4.69) is 5.32 Å². The summed E-state index contributed by atoms with van der Waals surface area (Å²) in [5.41, 5.74) is 2.53. The fourth-order valence-corrected chi connectivity index (χ4v) is 3.39. The molecule has 0 fully saturated rings. The quantitative estimate of drug-likeness (QED) is 0.800. The minimum atomic E-state index is -3.42. The van der Waals surface area contributed by atoms with E-state index in [9.17, 15) is 13.2 Å². The van der Waals surface area contributed by atoms with Crippen molar-refractivity contribution in [1.29, 1.82) is 0 Å². The van der Waals surface area contributed by atoms with Gasteiger partial charge in [0.25, 0.3) is 0 Å². The summed E-state index contributed by atoms with van der Waals surface area (Å²) < 4.78 is 25.3. The predicted molar refractivity (Wildman–Crippen MR) is 101 cm³/mol. The Bertz CT molecular complexity index is 853. The molecule has 0 heterocycles. The topological polar surface area (TPSA) is 66.5 Å². The van der Waals surface area contributed by atoms with Crippen molar-refractivity contribution in [3.8, 4) is 0 Å². The van der Waals surface area contributed by atoms with Gasteiger partial charge in [-0.05, 0) is 30.7 Å². The Morgan fingerprint density at radius 2 is 1.88 bits per heavy atom. The normalized spacial score (nSPS) is 11.5. The Morgan fingerprint density at radius 3 is 2.52 bits per heavy atom. The fraction of sp³-hybridized carbons (Fsp3) is 0.278. The Kier molecular flexibility index (Phi) is 6.58. The Labute approximate surface area is 153 Å². The van der Waals surface area contributed by atoms with Crippen LogP contribution in [-0.2, 0) is 21.4 Å². The minimum absolute atomic E-state index is 0.0609. The second-order valence-electron chi connectivity index (χ2n) is 5.89. The van der Waals surface area contributed by atoms with E-state index in [1.807, 2.05) is 31.2 Å². The maximum absolute atomic E-state index is 12.1. The lowest BCUT2D eigenvalue weighted by Crippen LogP contribution is -2.32. The van der Waals surface area contributed by atoms with E-state index >= 15 is 0 Å². The second kappa shape index (κ2) is 8.47. The molecule has 0 aliphatic heterocycles. The van der Waals surface area contributed by atoms with Gasteiger partial charge in [0.1, 0.15) is 0 Å². The average Bonchev–Trinajstić information content (AvgIpc) is 2.50. The Balaban J connectivity index is 1.99. The lowest BCUT2D eigenvalue weighted by molar-refractivity contribution is -0.116. The Hall–Kier alpha value is -1.89. The molecule has 0 unspecified atom stereocenters. The molecule has 5 nitrogen and oxygen atoms in total. The molecule has 0 radical (unpaired) electrons. The van der Waals surface area contributed by atoms with Gasteiger partial charge in [-0.1, -0.05) is 47.5 Å². The number of carbonyl (C=O) groups excluding carboxylic acids is 1. The zero-order chi connectivity index (χ0) is 18.4. The highest BCUT2D eigenvalue weighted by molar-refractivity contribution is 7.88. The summed E-state index contributed by atoms with van der Waals surface area (Å²) in [4.78, 5) is 12.1. The van der Waals surface area contributed by atoms with Crippen molar-refractivity contribution in [3.63, 3.8) is 0 Å². The summed E-state index contributed by atoms with van der Waals surface area (Å²) in [5, 5.41) is 3.24. The monoisotopic (exact) mass is 380 g/mol. The van der Waals surface area contributed by atoms with E-state index in [-0.39, 0.29) is 25.4 Å². The number of amides is 1. The number of rotatable bonds is 7. The van der Waals surface area contributed by atoms with Crippen molar-refractivity contribution in [3.05, 3.63) is 64.7 Å². The lowest BCUT2D eigenvalue weighted by atomic mass is 10.1. The standard InChI is InChI=1S/C18H21ClN2O3S/c1-14-5-3-6-15(11-14)13-21(25(2,23)24)10-9-18(22)20-17-8-4-7-16(19)12-17/h3-8,11-12H,9-10,13H2,1-2H3,(H,20,22). The highest BCUT2D eigenvalue weighted by atomic mass is 35.5. The molecule has 2 rings (SSSR count). The molecule has 1 amide bonds. The van der Waals surface area contributed by atoms with E-state index in [0.717, 1.165) is 17.4 Å². The number of hydrogen-bond donors (Lipinski definition) is 1. The van der Waals surface area contributed by atoms with Gasteiger partial charge in [-0.3, -0.25) is 4.79 Å². The average molecular weight is 381 g/mol. The fourth-order valence-electron chi connectivity index (χ4n) is 2.39. The van der Waals surface area contributed by atoms with Gasteiger partial charge >= 0.3 is 0 Å². The van der Waals surface area contributed by atoms with Crippen molar-refractivity contribution in [1.82, 2.24) is 4.31 Å². The maximum atomic E-state index is 12.1. The molecular weight excluding hydrogens is 360 g/mol. The smallest absolute Gasteiger partial charge is 0.225 e. The number of carbonyl (C=O) groups is 1.